The number of hydrogen-bond donors (Lipinski definition) is 4. The summed E-state index contributed by atoms with van der Waals surface area (Å²) in [5.41, 5.74) is 6.94. The Kier molecular flexibility index (Phi) is 7.25. The van der Waals surface area contributed by atoms with Crippen molar-refractivity contribution < 1.29 is 9.59 Å². The number of hydrogen-bond acceptors (Lipinski definition) is 9. The number of anilines is 4. The van der Waals surface area contributed by atoms with Crippen molar-refractivity contribution in [1.29, 1.82) is 0 Å². The third-order valence-corrected chi connectivity index (χ3v) is 6.64. The van der Waals surface area contributed by atoms with E-state index in [1.807, 2.05) is 24.0 Å². The van der Waals surface area contributed by atoms with Crippen LogP contribution in [-0.4, -0.2) is 50.9 Å². The first kappa shape index (κ1) is 23.9. The van der Waals surface area contributed by atoms with Crippen LogP contribution in [0.2, 0.25) is 5.02 Å². The fourth-order valence-electron chi connectivity index (χ4n) is 3.75. The van der Waals surface area contributed by atoms with Gasteiger partial charge in [-0.25, -0.2) is 15.0 Å². The van der Waals surface area contributed by atoms with E-state index in [9.17, 15) is 9.59 Å². The van der Waals surface area contributed by atoms with Gasteiger partial charge < -0.3 is 21.7 Å². The minimum absolute atomic E-state index is 0.262. The second-order valence-electron chi connectivity index (χ2n) is 7.93. The summed E-state index contributed by atoms with van der Waals surface area (Å²) in [6.45, 7) is 4.91. The number of para-hydroxylation sites is 1. The molecule has 5 N–H and O–H groups in total. The maximum absolute atomic E-state index is 12.7. The minimum Gasteiger partial charge on any atom is -0.368 e. The van der Waals surface area contributed by atoms with Crippen molar-refractivity contribution in [3.05, 3.63) is 51.7 Å². The molecule has 1 aliphatic rings. The molecule has 2 aromatic heterocycles. The monoisotopic (exact) mass is 500 g/mol. The highest BCUT2D eigenvalue weighted by Crippen LogP contribution is 2.28. The molecule has 0 unspecified atom stereocenters. The van der Waals surface area contributed by atoms with Crippen LogP contribution in [0.3, 0.4) is 0 Å². The van der Waals surface area contributed by atoms with E-state index in [1.165, 1.54) is 17.5 Å². The van der Waals surface area contributed by atoms with E-state index in [0.29, 0.717) is 44.8 Å². The molecule has 34 heavy (non-hydrogen) atoms. The zero-order valence-electron chi connectivity index (χ0n) is 18.8. The van der Waals surface area contributed by atoms with Crippen molar-refractivity contribution in [2.24, 2.45) is 5.73 Å². The molecule has 3 aromatic rings. The molecule has 1 fully saturated rings. The molecular weight excluding hydrogens is 476 g/mol. The van der Waals surface area contributed by atoms with Crippen LogP contribution in [0.1, 0.15) is 33.9 Å². The normalized spacial score (nSPS) is 15.8. The van der Waals surface area contributed by atoms with Crippen molar-refractivity contribution in [2.45, 2.75) is 32.7 Å². The number of nitrogens with zero attached hydrogens (tertiary/aromatic N) is 4. The van der Waals surface area contributed by atoms with Crippen molar-refractivity contribution in [1.82, 2.24) is 19.9 Å². The Hall–Kier alpha value is -3.28. The number of nitrogens with one attached hydrogen (secondary N) is 3. The molecule has 0 radical (unpaired) electrons. The molecule has 0 bridgehead atoms. The van der Waals surface area contributed by atoms with Gasteiger partial charge in [-0.3, -0.25) is 14.5 Å². The van der Waals surface area contributed by atoms with Crippen molar-refractivity contribution in [3.8, 4) is 0 Å². The van der Waals surface area contributed by atoms with Crippen LogP contribution >= 0.6 is 22.9 Å². The lowest BCUT2D eigenvalue weighted by atomic mass is 10.2. The van der Waals surface area contributed by atoms with E-state index in [4.69, 9.17) is 17.3 Å². The number of thiazole rings is 1. The highest BCUT2D eigenvalue weighted by atomic mass is 35.5. The molecule has 1 atom stereocenters. The second kappa shape index (κ2) is 10.3. The summed E-state index contributed by atoms with van der Waals surface area (Å²) in [5, 5.41) is 10.2. The maximum atomic E-state index is 12.7. The minimum atomic E-state index is -0.311. The molecular formula is C22H25ClN8O2S. The van der Waals surface area contributed by atoms with Crippen molar-refractivity contribution in [3.63, 3.8) is 0 Å². The molecule has 0 spiro atoms. The number of primary amides is 1. The highest BCUT2D eigenvalue weighted by Gasteiger charge is 2.28. The number of amides is 2. The van der Waals surface area contributed by atoms with Crippen molar-refractivity contribution in [2.75, 3.05) is 29.2 Å². The third kappa shape index (κ3) is 5.61. The third-order valence-electron chi connectivity index (χ3n) is 5.42. The Balaban J connectivity index is 1.41. The molecule has 0 saturated carbocycles. The van der Waals surface area contributed by atoms with Gasteiger partial charge in [-0.1, -0.05) is 35.1 Å². The Morgan fingerprint density at radius 2 is 2.06 bits per heavy atom. The fraction of sp³-hybridized carbons (Fsp3) is 0.318. The first-order valence-corrected chi connectivity index (χ1v) is 11.9. The molecule has 178 valence electrons. The molecule has 0 aliphatic carbocycles. The molecule has 12 heteroatoms. The number of rotatable bonds is 8. The largest absolute Gasteiger partial charge is 0.368 e. The Morgan fingerprint density at radius 1 is 1.26 bits per heavy atom. The van der Waals surface area contributed by atoms with E-state index in [0.717, 1.165) is 24.9 Å². The predicted octanol–water partition coefficient (Wildman–Crippen LogP) is 3.52. The first-order chi connectivity index (χ1) is 16.3. The average molecular weight is 501 g/mol. The number of carbonyl (C=O) groups is 2. The van der Waals surface area contributed by atoms with E-state index in [2.05, 4.69) is 30.9 Å². The van der Waals surface area contributed by atoms with Crippen LogP contribution in [0.15, 0.2) is 30.5 Å². The van der Waals surface area contributed by atoms with Crippen LogP contribution in [-0.2, 0) is 4.79 Å². The average Bonchev–Trinajstić information content (AvgIpc) is 3.44. The molecule has 3 heterocycles. The Morgan fingerprint density at radius 3 is 2.82 bits per heavy atom. The fourth-order valence-corrected chi connectivity index (χ4v) is 4.74. The van der Waals surface area contributed by atoms with E-state index < -0.39 is 0 Å². The number of carbonyl (C=O) groups excluding carboxylic acids is 2. The van der Waals surface area contributed by atoms with Crippen LogP contribution in [0.25, 0.3) is 0 Å². The zero-order valence-corrected chi connectivity index (χ0v) is 20.3. The van der Waals surface area contributed by atoms with Gasteiger partial charge in [0.15, 0.2) is 5.13 Å². The van der Waals surface area contributed by atoms with Crippen LogP contribution in [0, 0.1) is 13.8 Å². The lowest BCUT2D eigenvalue weighted by molar-refractivity contribution is -0.122. The summed E-state index contributed by atoms with van der Waals surface area (Å²) in [7, 11) is 0. The number of benzene rings is 1. The van der Waals surface area contributed by atoms with E-state index in [-0.39, 0.29) is 17.9 Å². The summed E-state index contributed by atoms with van der Waals surface area (Å²) >= 11 is 7.41. The van der Waals surface area contributed by atoms with Crippen LogP contribution in [0.5, 0.6) is 0 Å². The predicted molar refractivity (Wildman–Crippen MR) is 134 cm³/mol. The highest BCUT2D eigenvalue weighted by molar-refractivity contribution is 7.17. The van der Waals surface area contributed by atoms with Gasteiger partial charge in [0.2, 0.25) is 5.91 Å². The standard InChI is InChI=1S/C22H25ClN8O2S/c1-12-5-3-6-14(23)19(12)30-21(33)16-10-25-22(34-16)29-18-9-17(27-13(2)28-18)26-11-31-8-4-7-15(31)20(24)32/h3,5-6,9-10,15H,4,7-8,11H2,1-2H3,(H2,24,32)(H,30,33)(H2,25,26,27,28,29)/t15-/m0/s1. The van der Waals surface area contributed by atoms with Gasteiger partial charge in [-0.15, -0.1) is 0 Å². The number of nitrogens with two attached hydrogens (primary N) is 1. The molecule has 2 amide bonds. The van der Waals surface area contributed by atoms with Gasteiger partial charge in [-0.2, -0.15) is 0 Å². The van der Waals surface area contributed by atoms with E-state index in [1.54, 1.807) is 19.1 Å². The van der Waals surface area contributed by atoms with Gasteiger partial charge >= 0.3 is 0 Å². The Labute approximate surface area is 205 Å². The lowest BCUT2D eigenvalue weighted by Gasteiger charge is -2.22. The lowest BCUT2D eigenvalue weighted by Crippen LogP contribution is -2.42. The summed E-state index contributed by atoms with van der Waals surface area (Å²) in [4.78, 5) is 39.8. The van der Waals surface area contributed by atoms with Crippen molar-refractivity contribution >= 4 is 57.2 Å². The van der Waals surface area contributed by atoms with Crippen LogP contribution in [0.4, 0.5) is 22.5 Å². The quantitative estimate of drug-likeness (QED) is 0.368. The SMILES string of the molecule is Cc1nc(NCN2CCC[C@H]2C(N)=O)cc(Nc2ncc(C(=O)Nc3c(C)cccc3Cl)s2)n1. The molecule has 1 aromatic carbocycles. The number of likely N-dealkylation sites (tertiary alicyclic amines) is 1. The first-order valence-electron chi connectivity index (χ1n) is 10.7. The molecule has 1 aliphatic heterocycles. The van der Waals surface area contributed by atoms with Gasteiger partial charge in [0.1, 0.15) is 22.3 Å². The number of halogens is 1. The molecule has 1 saturated heterocycles. The summed E-state index contributed by atoms with van der Waals surface area (Å²) in [5.74, 6) is 1.09. The number of aromatic nitrogens is 3. The maximum Gasteiger partial charge on any atom is 0.267 e. The van der Waals surface area contributed by atoms with Crippen LogP contribution < -0.4 is 21.7 Å². The second-order valence-corrected chi connectivity index (χ2v) is 9.37. The summed E-state index contributed by atoms with van der Waals surface area (Å²) in [6.07, 6.45) is 3.20. The molecule has 10 nitrogen and oxygen atoms in total. The van der Waals surface area contributed by atoms with Gasteiger partial charge in [0.25, 0.3) is 5.91 Å². The summed E-state index contributed by atoms with van der Waals surface area (Å²) in [6, 6.07) is 6.92. The van der Waals surface area contributed by atoms with Gasteiger partial charge in [-0.05, 0) is 38.3 Å². The summed E-state index contributed by atoms with van der Waals surface area (Å²) < 4.78 is 0. The zero-order chi connectivity index (χ0) is 24.2. The molecule has 4 rings (SSSR count). The number of aryl methyl sites for hydroxylation is 2. The van der Waals surface area contributed by atoms with Gasteiger partial charge in [0, 0.05) is 12.6 Å². The van der Waals surface area contributed by atoms with E-state index >= 15 is 0 Å². The smallest absolute Gasteiger partial charge is 0.267 e. The van der Waals surface area contributed by atoms with Gasteiger partial charge in [0.05, 0.1) is 29.6 Å². The Bertz CT molecular complexity index is 1200. The topological polar surface area (TPSA) is 138 Å².